The van der Waals surface area contributed by atoms with E-state index in [0.717, 1.165) is 29.5 Å². The van der Waals surface area contributed by atoms with Gasteiger partial charge >= 0.3 is 5.97 Å². The van der Waals surface area contributed by atoms with Gasteiger partial charge in [-0.05, 0) is 24.4 Å². The second-order valence-corrected chi connectivity index (χ2v) is 5.11. The lowest BCUT2D eigenvalue weighted by atomic mass is 10.0. The van der Waals surface area contributed by atoms with E-state index in [9.17, 15) is 9.90 Å². The maximum atomic E-state index is 11.3. The number of hydrogen-bond acceptors (Lipinski definition) is 3. The van der Waals surface area contributed by atoms with E-state index in [4.69, 9.17) is 4.74 Å². The molecule has 4 heteroatoms. The summed E-state index contributed by atoms with van der Waals surface area (Å²) >= 11 is 0. The molecule has 20 heavy (non-hydrogen) atoms. The molecule has 0 aromatic heterocycles. The number of carboxylic acid groups (broad SMARTS) is 1. The summed E-state index contributed by atoms with van der Waals surface area (Å²) in [4.78, 5) is 13.6. The molecule has 1 unspecified atom stereocenters. The third kappa shape index (κ3) is 2.23. The molecule has 1 N–H and O–H groups in total. The first-order valence-electron chi connectivity index (χ1n) is 6.78. The van der Waals surface area contributed by atoms with Crippen LogP contribution in [0.5, 0.6) is 0 Å². The molecular formula is C16H17NO3. The maximum absolute atomic E-state index is 11.3. The van der Waals surface area contributed by atoms with Crippen LogP contribution in [0.2, 0.25) is 0 Å². The van der Waals surface area contributed by atoms with Crippen LogP contribution < -0.4 is 4.90 Å². The Morgan fingerprint density at radius 2 is 2.00 bits per heavy atom. The number of carbonyl (C=O) groups is 1. The molecule has 0 radical (unpaired) electrons. The number of aromatic carboxylic acids is 1. The highest BCUT2D eigenvalue weighted by Crippen LogP contribution is 2.30. The average molecular weight is 271 g/mol. The fourth-order valence-electron chi connectivity index (χ4n) is 2.78. The highest BCUT2D eigenvalue weighted by Gasteiger charge is 2.20. The van der Waals surface area contributed by atoms with Crippen molar-refractivity contribution in [3.05, 3.63) is 42.0 Å². The number of nitrogens with zero attached hydrogens (tertiary/aromatic N) is 1. The van der Waals surface area contributed by atoms with E-state index in [1.54, 1.807) is 6.07 Å². The monoisotopic (exact) mass is 271 g/mol. The molecule has 1 aliphatic heterocycles. The number of ether oxygens (including phenoxy) is 1. The first-order valence-corrected chi connectivity index (χ1v) is 6.78. The van der Waals surface area contributed by atoms with Gasteiger partial charge in [-0.3, -0.25) is 0 Å². The molecule has 0 bridgehead atoms. The van der Waals surface area contributed by atoms with Crippen molar-refractivity contribution in [3.8, 4) is 0 Å². The van der Waals surface area contributed by atoms with Gasteiger partial charge in [0.15, 0.2) is 0 Å². The van der Waals surface area contributed by atoms with Gasteiger partial charge in [0.1, 0.15) is 0 Å². The van der Waals surface area contributed by atoms with Crippen LogP contribution in [0.3, 0.4) is 0 Å². The Kier molecular flexibility index (Phi) is 3.32. The molecule has 1 saturated heterocycles. The molecule has 0 aliphatic carbocycles. The van der Waals surface area contributed by atoms with Gasteiger partial charge in [-0.2, -0.15) is 0 Å². The van der Waals surface area contributed by atoms with Crippen LogP contribution in [0.1, 0.15) is 17.3 Å². The number of morpholine rings is 1. The summed E-state index contributed by atoms with van der Waals surface area (Å²) < 4.78 is 5.57. The number of rotatable bonds is 2. The van der Waals surface area contributed by atoms with Crippen LogP contribution >= 0.6 is 0 Å². The van der Waals surface area contributed by atoms with Crippen LogP contribution in [0.4, 0.5) is 5.69 Å². The van der Waals surface area contributed by atoms with E-state index >= 15 is 0 Å². The van der Waals surface area contributed by atoms with Crippen LogP contribution in [-0.4, -0.2) is 36.9 Å². The lowest BCUT2D eigenvalue weighted by Gasteiger charge is -2.33. The van der Waals surface area contributed by atoms with Gasteiger partial charge in [0, 0.05) is 24.2 Å². The third-order valence-corrected chi connectivity index (χ3v) is 3.71. The molecule has 1 fully saturated rings. The smallest absolute Gasteiger partial charge is 0.336 e. The normalized spacial score (nSPS) is 19.2. The molecule has 0 saturated carbocycles. The third-order valence-electron chi connectivity index (χ3n) is 3.71. The molecule has 1 atom stereocenters. The highest BCUT2D eigenvalue weighted by atomic mass is 16.5. The van der Waals surface area contributed by atoms with Gasteiger partial charge in [-0.15, -0.1) is 0 Å². The Balaban J connectivity index is 2.12. The van der Waals surface area contributed by atoms with Gasteiger partial charge in [-0.25, -0.2) is 4.79 Å². The number of carboxylic acids is 1. The Morgan fingerprint density at radius 1 is 1.25 bits per heavy atom. The minimum absolute atomic E-state index is 0.196. The zero-order chi connectivity index (χ0) is 14.1. The van der Waals surface area contributed by atoms with Gasteiger partial charge in [0.25, 0.3) is 0 Å². The lowest BCUT2D eigenvalue weighted by Crippen LogP contribution is -2.41. The molecule has 2 aromatic carbocycles. The van der Waals surface area contributed by atoms with Crippen molar-refractivity contribution >= 4 is 22.4 Å². The molecular weight excluding hydrogens is 254 g/mol. The molecule has 4 nitrogen and oxygen atoms in total. The van der Waals surface area contributed by atoms with E-state index in [2.05, 4.69) is 11.8 Å². The molecule has 1 aliphatic rings. The standard InChI is InChI=1S/C16H17NO3/c1-11-10-17(8-9-20-11)15-7-6-14(16(18)19)12-4-2-3-5-13(12)15/h2-7,11H,8-10H2,1H3,(H,18,19). The molecule has 104 valence electrons. The number of hydrogen-bond donors (Lipinski definition) is 1. The lowest BCUT2D eigenvalue weighted by molar-refractivity contribution is 0.0533. The summed E-state index contributed by atoms with van der Waals surface area (Å²) in [7, 11) is 0. The zero-order valence-electron chi connectivity index (χ0n) is 11.4. The number of anilines is 1. The van der Waals surface area contributed by atoms with Crippen molar-refractivity contribution in [3.63, 3.8) is 0 Å². The summed E-state index contributed by atoms with van der Waals surface area (Å²) in [5.74, 6) is -0.886. The molecule has 0 amide bonds. The summed E-state index contributed by atoms with van der Waals surface area (Å²) in [6.07, 6.45) is 0.196. The molecule has 3 rings (SSSR count). The fourth-order valence-corrected chi connectivity index (χ4v) is 2.78. The first kappa shape index (κ1) is 12.9. The summed E-state index contributed by atoms with van der Waals surface area (Å²) in [5.41, 5.74) is 1.44. The number of benzene rings is 2. The summed E-state index contributed by atoms with van der Waals surface area (Å²) in [6.45, 7) is 4.42. The number of fused-ring (bicyclic) bond motifs is 1. The van der Waals surface area contributed by atoms with Crippen molar-refractivity contribution in [2.24, 2.45) is 0 Å². The summed E-state index contributed by atoms with van der Waals surface area (Å²) in [6, 6.07) is 11.3. The predicted molar refractivity (Wildman–Crippen MR) is 78.5 cm³/mol. The van der Waals surface area contributed by atoms with E-state index in [-0.39, 0.29) is 6.10 Å². The van der Waals surface area contributed by atoms with Gasteiger partial charge in [-0.1, -0.05) is 24.3 Å². The summed E-state index contributed by atoms with van der Waals surface area (Å²) in [5, 5.41) is 11.1. The van der Waals surface area contributed by atoms with Crippen molar-refractivity contribution < 1.29 is 14.6 Å². The molecule has 0 spiro atoms. The van der Waals surface area contributed by atoms with E-state index in [1.165, 1.54) is 0 Å². The quantitative estimate of drug-likeness (QED) is 0.912. The van der Waals surface area contributed by atoms with Crippen molar-refractivity contribution in [2.45, 2.75) is 13.0 Å². The van der Waals surface area contributed by atoms with Crippen molar-refractivity contribution in [1.29, 1.82) is 0 Å². The minimum Gasteiger partial charge on any atom is -0.478 e. The van der Waals surface area contributed by atoms with E-state index < -0.39 is 5.97 Å². The van der Waals surface area contributed by atoms with Crippen LogP contribution in [0.15, 0.2) is 36.4 Å². The SMILES string of the molecule is CC1CN(c2ccc(C(=O)O)c3ccccc23)CCO1. The topological polar surface area (TPSA) is 49.8 Å². The van der Waals surface area contributed by atoms with Crippen molar-refractivity contribution in [2.75, 3.05) is 24.6 Å². The Morgan fingerprint density at radius 3 is 2.70 bits per heavy atom. The molecule has 1 heterocycles. The van der Waals surface area contributed by atoms with Gasteiger partial charge in [0.05, 0.1) is 18.3 Å². The van der Waals surface area contributed by atoms with Crippen LogP contribution in [-0.2, 0) is 4.74 Å². The van der Waals surface area contributed by atoms with Gasteiger partial charge < -0.3 is 14.7 Å². The Labute approximate surface area is 117 Å². The first-order chi connectivity index (χ1) is 9.66. The maximum Gasteiger partial charge on any atom is 0.336 e. The Hall–Kier alpha value is -2.07. The van der Waals surface area contributed by atoms with E-state index in [1.807, 2.05) is 30.3 Å². The molecule has 2 aromatic rings. The highest BCUT2D eigenvalue weighted by molar-refractivity contribution is 6.07. The average Bonchev–Trinajstić information content (AvgIpc) is 2.46. The van der Waals surface area contributed by atoms with Crippen LogP contribution in [0, 0.1) is 0 Å². The fraction of sp³-hybridized carbons (Fsp3) is 0.312. The Bertz CT molecular complexity index is 653. The largest absolute Gasteiger partial charge is 0.478 e. The van der Waals surface area contributed by atoms with Crippen molar-refractivity contribution in [1.82, 2.24) is 0 Å². The predicted octanol–water partition coefficient (Wildman–Crippen LogP) is 2.76. The second kappa shape index (κ2) is 5.13. The van der Waals surface area contributed by atoms with Crippen LogP contribution in [0.25, 0.3) is 10.8 Å². The minimum atomic E-state index is -0.886. The van der Waals surface area contributed by atoms with Gasteiger partial charge in [0.2, 0.25) is 0 Å². The zero-order valence-corrected chi connectivity index (χ0v) is 11.4. The van der Waals surface area contributed by atoms with E-state index in [0.29, 0.717) is 12.2 Å². The second-order valence-electron chi connectivity index (χ2n) is 5.11.